The van der Waals surface area contributed by atoms with Gasteiger partial charge in [-0.3, -0.25) is 4.79 Å². The van der Waals surface area contributed by atoms with Crippen LogP contribution in [0.3, 0.4) is 0 Å². The molecule has 1 fully saturated rings. The van der Waals surface area contributed by atoms with Crippen molar-refractivity contribution in [1.82, 2.24) is 9.88 Å². The number of thiazole rings is 1. The summed E-state index contributed by atoms with van der Waals surface area (Å²) in [6.07, 6.45) is 3.80. The van der Waals surface area contributed by atoms with Gasteiger partial charge in [0, 0.05) is 27.6 Å². The summed E-state index contributed by atoms with van der Waals surface area (Å²) in [5.74, 6) is 1.76. The summed E-state index contributed by atoms with van der Waals surface area (Å²) in [7, 11) is 0. The van der Waals surface area contributed by atoms with Crippen molar-refractivity contribution in [3.63, 3.8) is 0 Å². The van der Waals surface area contributed by atoms with Crippen molar-refractivity contribution in [3.05, 3.63) is 70.1 Å². The lowest BCUT2D eigenvalue weighted by Gasteiger charge is -2.28. The Labute approximate surface area is 167 Å². The van der Waals surface area contributed by atoms with Crippen LogP contribution in [-0.2, 0) is 5.75 Å². The minimum absolute atomic E-state index is 0.0537. The molecule has 0 spiro atoms. The highest BCUT2D eigenvalue weighted by Gasteiger charge is 2.37. The summed E-state index contributed by atoms with van der Waals surface area (Å²) in [6, 6.07) is 12.0. The molecule has 1 aliphatic carbocycles. The van der Waals surface area contributed by atoms with Gasteiger partial charge >= 0.3 is 0 Å². The van der Waals surface area contributed by atoms with E-state index in [4.69, 9.17) is 4.42 Å². The molecule has 1 atom stereocenters. The number of hydrogen-bond donors (Lipinski definition) is 0. The van der Waals surface area contributed by atoms with Crippen LogP contribution in [0.15, 0.2) is 57.4 Å². The fraction of sp³-hybridized carbons (Fsp3) is 0.333. The monoisotopic (exact) mass is 398 g/mol. The third-order valence-electron chi connectivity index (χ3n) is 4.70. The zero-order valence-electron chi connectivity index (χ0n) is 15.4. The maximum absolute atomic E-state index is 13.1. The normalized spacial score (nSPS) is 14.9. The molecular weight excluding hydrogens is 376 g/mol. The van der Waals surface area contributed by atoms with E-state index in [0.29, 0.717) is 6.04 Å². The summed E-state index contributed by atoms with van der Waals surface area (Å²) >= 11 is 3.42. The minimum Gasteiger partial charge on any atom is -0.467 e. The summed E-state index contributed by atoms with van der Waals surface area (Å²) in [5, 5.41) is 3.20. The molecule has 0 saturated heterocycles. The van der Waals surface area contributed by atoms with Crippen molar-refractivity contribution >= 4 is 29.0 Å². The highest BCUT2D eigenvalue weighted by molar-refractivity contribution is 7.98. The Morgan fingerprint density at radius 3 is 2.70 bits per heavy atom. The van der Waals surface area contributed by atoms with Crippen LogP contribution in [0.4, 0.5) is 0 Å². The van der Waals surface area contributed by atoms with Crippen molar-refractivity contribution in [2.75, 3.05) is 0 Å². The SMILES string of the molecule is Cc1nc(CSc2ccc(C(=O)N(C3CC3)C(C)c3ccco3)cc2)cs1. The van der Waals surface area contributed by atoms with Crippen molar-refractivity contribution in [1.29, 1.82) is 0 Å². The highest BCUT2D eigenvalue weighted by atomic mass is 32.2. The van der Waals surface area contributed by atoms with Crippen LogP contribution in [0.2, 0.25) is 0 Å². The molecule has 1 saturated carbocycles. The lowest BCUT2D eigenvalue weighted by atomic mass is 10.1. The number of thioether (sulfide) groups is 1. The van der Waals surface area contributed by atoms with E-state index in [0.717, 1.165) is 45.5 Å². The first-order chi connectivity index (χ1) is 13.1. The van der Waals surface area contributed by atoms with Crippen molar-refractivity contribution < 1.29 is 9.21 Å². The number of hydrogen-bond acceptors (Lipinski definition) is 5. The largest absolute Gasteiger partial charge is 0.467 e. The molecule has 0 N–H and O–H groups in total. The Morgan fingerprint density at radius 2 is 2.11 bits per heavy atom. The Bertz CT molecular complexity index is 899. The standard InChI is InChI=1S/C21H22N2O2S2/c1-14(20-4-3-11-25-20)23(18-7-8-18)21(24)16-5-9-19(10-6-16)27-13-17-12-26-15(2)22-17/h3-6,9-12,14,18H,7-8,13H2,1-2H3. The van der Waals surface area contributed by atoms with E-state index < -0.39 is 0 Å². The Hall–Kier alpha value is -2.05. The molecule has 0 bridgehead atoms. The van der Waals surface area contributed by atoms with Gasteiger partial charge in [-0.1, -0.05) is 0 Å². The van der Waals surface area contributed by atoms with Gasteiger partial charge in [0.1, 0.15) is 5.76 Å². The molecule has 140 valence electrons. The van der Waals surface area contributed by atoms with E-state index in [-0.39, 0.29) is 11.9 Å². The summed E-state index contributed by atoms with van der Waals surface area (Å²) < 4.78 is 5.53. The van der Waals surface area contributed by atoms with Gasteiger partial charge in [0.2, 0.25) is 0 Å². The van der Waals surface area contributed by atoms with Gasteiger partial charge in [-0.05, 0) is 63.1 Å². The van der Waals surface area contributed by atoms with Crippen molar-refractivity contribution in [2.24, 2.45) is 0 Å². The molecule has 6 heteroatoms. The van der Waals surface area contributed by atoms with Crippen LogP contribution in [-0.4, -0.2) is 21.8 Å². The molecule has 0 aliphatic heterocycles. The number of rotatable bonds is 7. The molecule has 4 nitrogen and oxygen atoms in total. The number of aromatic nitrogens is 1. The number of nitrogens with zero attached hydrogens (tertiary/aromatic N) is 2. The number of amides is 1. The maximum atomic E-state index is 13.1. The molecule has 2 heterocycles. The first-order valence-electron chi connectivity index (χ1n) is 9.12. The third-order valence-corrected chi connectivity index (χ3v) is 6.57. The van der Waals surface area contributed by atoms with Crippen LogP contribution in [0.1, 0.15) is 52.6 Å². The maximum Gasteiger partial charge on any atom is 0.254 e. The number of benzene rings is 1. The third kappa shape index (κ3) is 4.28. The number of aryl methyl sites for hydroxylation is 1. The molecular formula is C21H22N2O2S2. The van der Waals surface area contributed by atoms with E-state index in [1.165, 1.54) is 0 Å². The zero-order valence-corrected chi connectivity index (χ0v) is 17.1. The molecule has 2 aromatic heterocycles. The fourth-order valence-corrected chi connectivity index (χ4v) is 4.66. The molecule has 27 heavy (non-hydrogen) atoms. The molecule has 3 aromatic rings. The van der Waals surface area contributed by atoms with Gasteiger partial charge in [0.05, 0.1) is 23.0 Å². The molecule has 1 unspecified atom stereocenters. The average Bonchev–Trinajstić information content (AvgIpc) is 3.18. The van der Waals surface area contributed by atoms with E-state index in [1.807, 2.05) is 55.1 Å². The van der Waals surface area contributed by atoms with Gasteiger partial charge in [-0.25, -0.2) is 4.98 Å². The second-order valence-corrected chi connectivity index (χ2v) is 8.92. The van der Waals surface area contributed by atoms with Gasteiger partial charge in [0.25, 0.3) is 5.91 Å². The molecule has 1 amide bonds. The topological polar surface area (TPSA) is 46.3 Å². The lowest BCUT2D eigenvalue weighted by Crippen LogP contribution is -2.35. The number of furan rings is 1. The second-order valence-electron chi connectivity index (χ2n) is 6.81. The number of carbonyl (C=O) groups is 1. The fourth-order valence-electron chi connectivity index (χ4n) is 3.15. The number of carbonyl (C=O) groups excluding carboxylic acids is 1. The van der Waals surface area contributed by atoms with Crippen LogP contribution in [0.5, 0.6) is 0 Å². The second kappa shape index (κ2) is 7.90. The first kappa shape index (κ1) is 18.3. The lowest BCUT2D eigenvalue weighted by molar-refractivity contribution is 0.0652. The van der Waals surface area contributed by atoms with E-state index in [1.54, 1.807) is 29.4 Å². The predicted molar refractivity (Wildman–Crippen MR) is 109 cm³/mol. The van der Waals surface area contributed by atoms with E-state index >= 15 is 0 Å². The van der Waals surface area contributed by atoms with Crippen LogP contribution in [0.25, 0.3) is 0 Å². The zero-order chi connectivity index (χ0) is 18.8. The Morgan fingerprint density at radius 1 is 1.33 bits per heavy atom. The summed E-state index contributed by atoms with van der Waals surface area (Å²) in [6.45, 7) is 4.06. The van der Waals surface area contributed by atoms with Gasteiger partial charge < -0.3 is 9.32 Å². The molecule has 1 aliphatic rings. The molecule has 0 radical (unpaired) electrons. The smallest absolute Gasteiger partial charge is 0.254 e. The Kier molecular flexibility index (Phi) is 5.36. The minimum atomic E-state index is -0.0537. The van der Waals surface area contributed by atoms with Crippen LogP contribution in [0, 0.1) is 6.92 Å². The van der Waals surface area contributed by atoms with Gasteiger partial charge in [0.15, 0.2) is 0 Å². The average molecular weight is 399 g/mol. The van der Waals surface area contributed by atoms with Crippen LogP contribution < -0.4 is 0 Å². The van der Waals surface area contributed by atoms with Crippen molar-refractivity contribution in [3.8, 4) is 0 Å². The highest BCUT2D eigenvalue weighted by Crippen LogP contribution is 2.36. The van der Waals surface area contributed by atoms with Gasteiger partial charge in [-0.15, -0.1) is 23.1 Å². The summed E-state index contributed by atoms with van der Waals surface area (Å²) in [4.78, 5) is 20.7. The molecule has 1 aromatic carbocycles. The predicted octanol–water partition coefficient (Wildman–Crippen LogP) is 5.70. The van der Waals surface area contributed by atoms with Crippen LogP contribution >= 0.6 is 23.1 Å². The van der Waals surface area contributed by atoms with Gasteiger partial charge in [-0.2, -0.15) is 0 Å². The first-order valence-corrected chi connectivity index (χ1v) is 11.0. The van der Waals surface area contributed by atoms with Crippen molar-refractivity contribution in [2.45, 2.75) is 49.4 Å². The Balaban J connectivity index is 1.44. The quantitative estimate of drug-likeness (QED) is 0.479. The summed E-state index contributed by atoms with van der Waals surface area (Å²) in [5.41, 5.74) is 1.84. The molecule has 4 rings (SSSR count). The van der Waals surface area contributed by atoms with E-state index in [9.17, 15) is 4.79 Å². The van der Waals surface area contributed by atoms with E-state index in [2.05, 4.69) is 10.4 Å².